The van der Waals surface area contributed by atoms with Crippen molar-refractivity contribution in [1.29, 1.82) is 0 Å². The lowest BCUT2D eigenvalue weighted by molar-refractivity contribution is -0.127. The van der Waals surface area contributed by atoms with Gasteiger partial charge in [0.1, 0.15) is 5.75 Å². The Labute approximate surface area is 217 Å². The minimum Gasteiger partial charge on any atom is -0.496 e. The highest BCUT2D eigenvalue weighted by Crippen LogP contribution is 2.39. The van der Waals surface area contributed by atoms with Gasteiger partial charge in [-0.2, -0.15) is 0 Å². The van der Waals surface area contributed by atoms with Crippen LogP contribution >= 0.6 is 23.1 Å². The van der Waals surface area contributed by atoms with Crippen LogP contribution in [-0.4, -0.2) is 74.5 Å². The van der Waals surface area contributed by atoms with Crippen LogP contribution in [0.5, 0.6) is 5.75 Å². The number of aryl methyl sites for hydroxylation is 2. The van der Waals surface area contributed by atoms with Crippen molar-refractivity contribution in [3.63, 3.8) is 0 Å². The summed E-state index contributed by atoms with van der Waals surface area (Å²) in [5.74, 6) is 0.739. The van der Waals surface area contributed by atoms with Crippen molar-refractivity contribution in [2.24, 2.45) is 7.05 Å². The highest BCUT2D eigenvalue weighted by molar-refractivity contribution is 8.01. The van der Waals surface area contributed by atoms with Gasteiger partial charge in [0, 0.05) is 50.5 Å². The van der Waals surface area contributed by atoms with Crippen LogP contribution in [-0.2, 0) is 11.8 Å². The number of nitrogens with one attached hydrogen (secondary N) is 1. The fraction of sp³-hybridized carbons (Fsp3) is 0.333. The fourth-order valence-corrected chi connectivity index (χ4v) is 5.80. The number of aliphatic hydroxyl groups excluding tert-OH is 1. The van der Waals surface area contributed by atoms with E-state index in [4.69, 9.17) is 4.74 Å². The van der Waals surface area contributed by atoms with E-state index in [0.29, 0.717) is 48.4 Å². The Morgan fingerprint density at radius 3 is 2.61 bits per heavy atom. The van der Waals surface area contributed by atoms with Gasteiger partial charge in [-0.15, -0.1) is 0 Å². The van der Waals surface area contributed by atoms with Gasteiger partial charge in [-0.1, -0.05) is 29.7 Å². The van der Waals surface area contributed by atoms with Gasteiger partial charge < -0.3 is 29.5 Å². The molecule has 2 aromatic heterocycles. The first-order valence-corrected chi connectivity index (χ1v) is 12.9. The van der Waals surface area contributed by atoms with Gasteiger partial charge in [-0.25, -0.2) is 9.97 Å². The topological polar surface area (TPSA) is 113 Å². The minimum absolute atomic E-state index is 0.125. The second-order valence-corrected chi connectivity index (χ2v) is 10.5. The average Bonchev–Trinajstić information content (AvgIpc) is 3.52. The Bertz CT molecular complexity index is 1270. The molecule has 2 N–H and O–H groups in total. The summed E-state index contributed by atoms with van der Waals surface area (Å²) in [6.07, 6.45) is 5.42. The summed E-state index contributed by atoms with van der Waals surface area (Å²) in [6, 6.07) is 3.70. The van der Waals surface area contributed by atoms with E-state index in [1.165, 1.54) is 29.2 Å². The largest absolute Gasteiger partial charge is 0.496 e. The number of hydrogen-bond donors (Lipinski definition) is 2. The number of carbonyl (C=O) groups excluding carboxylic acids is 2. The highest BCUT2D eigenvalue weighted by Gasteiger charge is 2.26. The monoisotopic (exact) mass is 528 g/mol. The molecule has 0 bridgehead atoms. The van der Waals surface area contributed by atoms with E-state index in [0.717, 1.165) is 14.7 Å². The number of thiazole rings is 1. The van der Waals surface area contributed by atoms with Crippen molar-refractivity contribution >= 4 is 40.0 Å². The van der Waals surface area contributed by atoms with E-state index in [2.05, 4.69) is 21.9 Å². The van der Waals surface area contributed by atoms with Gasteiger partial charge >= 0.3 is 0 Å². The maximum atomic E-state index is 13.4. The van der Waals surface area contributed by atoms with Crippen LogP contribution in [0.3, 0.4) is 0 Å². The van der Waals surface area contributed by atoms with E-state index >= 15 is 0 Å². The molecule has 1 saturated heterocycles. The van der Waals surface area contributed by atoms with Gasteiger partial charge in [0.15, 0.2) is 17.2 Å². The quantitative estimate of drug-likeness (QED) is 0.339. The van der Waals surface area contributed by atoms with Gasteiger partial charge in [-0.3, -0.25) is 9.59 Å². The summed E-state index contributed by atoms with van der Waals surface area (Å²) >= 11 is 2.89. The van der Waals surface area contributed by atoms with Crippen LogP contribution in [0.2, 0.25) is 0 Å². The molecule has 36 heavy (non-hydrogen) atoms. The summed E-state index contributed by atoms with van der Waals surface area (Å²) < 4.78 is 8.15. The molecule has 1 fully saturated rings. The number of amides is 2. The molecular weight excluding hydrogens is 500 g/mol. The molecule has 0 saturated carbocycles. The molecule has 1 aliphatic heterocycles. The zero-order valence-corrected chi connectivity index (χ0v) is 21.9. The van der Waals surface area contributed by atoms with Gasteiger partial charge in [-0.05, 0) is 30.7 Å². The van der Waals surface area contributed by atoms with Crippen molar-refractivity contribution < 1.29 is 19.4 Å². The molecule has 1 aliphatic rings. The third kappa shape index (κ3) is 5.55. The number of rotatable bonds is 8. The molecule has 3 heterocycles. The number of benzene rings is 1. The lowest BCUT2D eigenvalue weighted by atomic mass is 10.1. The molecule has 0 spiro atoms. The van der Waals surface area contributed by atoms with Gasteiger partial charge in [0.05, 0.1) is 23.1 Å². The highest BCUT2D eigenvalue weighted by atomic mass is 32.2. The smallest absolute Gasteiger partial charge is 0.257 e. The molecular formula is C24H28N6O4S2. The lowest BCUT2D eigenvalue weighted by Crippen LogP contribution is -2.50. The SMILES string of the molecule is C=CC(=O)N1CCN(C(=O)c2cc(Sc3cnc(NC(O)c4nccn4C)s3)c(C)cc2OC)CC1. The minimum atomic E-state index is -0.983. The number of piperazine rings is 1. The Balaban J connectivity index is 1.48. The number of aliphatic hydroxyl groups is 1. The Kier molecular flexibility index (Phi) is 7.97. The van der Waals surface area contributed by atoms with Crippen LogP contribution in [0.1, 0.15) is 28.0 Å². The van der Waals surface area contributed by atoms with E-state index in [1.54, 1.807) is 40.1 Å². The Morgan fingerprint density at radius 2 is 1.97 bits per heavy atom. The van der Waals surface area contributed by atoms with Crippen molar-refractivity contribution in [3.05, 3.63) is 60.3 Å². The van der Waals surface area contributed by atoms with Crippen LogP contribution in [0, 0.1) is 6.92 Å². The predicted molar refractivity (Wildman–Crippen MR) is 138 cm³/mol. The Hall–Kier alpha value is -3.35. The maximum Gasteiger partial charge on any atom is 0.257 e. The van der Waals surface area contributed by atoms with E-state index < -0.39 is 6.23 Å². The third-order valence-corrected chi connectivity index (χ3v) is 8.03. The predicted octanol–water partition coefficient (Wildman–Crippen LogP) is 2.92. The first kappa shape index (κ1) is 25.7. The molecule has 4 rings (SSSR count). The van der Waals surface area contributed by atoms with E-state index in [-0.39, 0.29) is 11.8 Å². The molecule has 0 radical (unpaired) electrons. The number of ether oxygens (including phenoxy) is 1. The molecule has 10 nitrogen and oxygen atoms in total. The first-order chi connectivity index (χ1) is 17.3. The number of imidazole rings is 1. The van der Waals surface area contributed by atoms with Gasteiger partial charge in [0.25, 0.3) is 5.91 Å². The first-order valence-electron chi connectivity index (χ1n) is 11.3. The van der Waals surface area contributed by atoms with Crippen LogP contribution < -0.4 is 10.1 Å². The molecule has 2 amide bonds. The molecule has 0 aliphatic carbocycles. The second kappa shape index (κ2) is 11.1. The van der Waals surface area contributed by atoms with Crippen LogP contribution in [0.25, 0.3) is 0 Å². The van der Waals surface area contributed by atoms with Crippen molar-refractivity contribution in [1.82, 2.24) is 24.3 Å². The average molecular weight is 529 g/mol. The molecule has 190 valence electrons. The summed E-state index contributed by atoms with van der Waals surface area (Å²) in [5, 5.41) is 13.9. The molecule has 1 aromatic carbocycles. The van der Waals surface area contributed by atoms with E-state index in [1.807, 2.05) is 26.1 Å². The summed E-state index contributed by atoms with van der Waals surface area (Å²) in [6.45, 7) is 7.31. The summed E-state index contributed by atoms with van der Waals surface area (Å²) in [5.41, 5.74) is 1.44. The van der Waals surface area contributed by atoms with Crippen molar-refractivity contribution in [3.8, 4) is 5.75 Å². The zero-order valence-electron chi connectivity index (χ0n) is 20.3. The molecule has 3 aromatic rings. The number of aromatic nitrogens is 3. The maximum absolute atomic E-state index is 13.4. The normalized spacial score (nSPS) is 14.4. The lowest BCUT2D eigenvalue weighted by Gasteiger charge is -2.34. The second-order valence-electron chi connectivity index (χ2n) is 8.17. The fourth-order valence-electron chi connectivity index (χ4n) is 3.84. The van der Waals surface area contributed by atoms with Crippen molar-refractivity contribution in [2.75, 3.05) is 38.6 Å². The number of nitrogens with zero attached hydrogens (tertiary/aromatic N) is 5. The zero-order chi connectivity index (χ0) is 25.8. The Morgan fingerprint density at radius 1 is 1.25 bits per heavy atom. The number of anilines is 1. The van der Waals surface area contributed by atoms with Crippen LogP contribution in [0.4, 0.5) is 5.13 Å². The van der Waals surface area contributed by atoms with Crippen LogP contribution in [0.15, 0.2) is 52.5 Å². The summed E-state index contributed by atoms with van der Waals surface area (Å²) in [4.78, 5) is 38.1. The number of carbonyl (C=O) groups is 2. The van der Waals surface area contributed by atoms with E-state index in [9.17, 15) is 14.7 Å². The summed E-state index contributed by atoms with van der Waals surface area (Å²) in [7, 11) is 3.36. The molecule has 12 heteroatoms. The van der Waals surface area contributed by atoms with Crippen molar-refractivity contribution in [2.45, 2.75) is 22.3 Å². The third-order valence-electron chi connectivity index (χ3n) is 5.84. The number of methoxy groups -OCH3 is 1. The van der Waals surface area contributed by atoms with Gasteiger partial charge in [0.2, 0.25) is 5.91 Å². The molecule has 1 atom stereocenters. The molecule has 1 unspecified atom stereocenters. The standard InChI is InChI=1S/C24H28N6O4S2/c1-5-19(31)29-8-10-30(11-9-29)23(33)16-13-18(15(2)12-17(16)34-4)35-20-14-26-24(36-20)27-22(32)21-25-6-7-28(21)3/h5-7,12-14,22,32H,1,8-11H2,2-4H3,(H,26,27). The number of hydrogen-bond acceptors (Lipinski definition) is 9.